The molecular formula is C14H20N2O. The van der Waals surface area contributed by atoms with Crippen molar-refractivity contribution in [2.45, 2.75) is 19.4 Å². The van der Waals surface area contributed by atoms with Gasteiger partial charge in [0.15, 0.2) is 0 Å². The maximum Gasteiger partial charge on any atom is 0.253 e. The van der Waals surface area contributed by atoms with Gasteiger partial charge in [0.1, 0.15) is 0 Å². The Hall–Kier alpha value is -1.35. The molecule has 1 fully saturated rings. The highest BCUT2D eigenvalue weighted by Crippen LogP contribution is 2.13. The van der Waals surface area contributed by atoms with Crippen LogP contribution in [0, 0.1) is 0 Å². The van der Waals surface area contributed by atoms with E-state index < -0.39 is 0 Å². The van der Waals surface area contributed by atoms with Gasteiger partial charge >= 0.3 is 0 Å². The predicted octanol–water partition coefficient (Wildman–Crippen LogP) is 1.98. The number of likely N-dealkylation sites (tertiary alicyclic amines) is 1. The zero-order valence-corrected chi connectivity index (χ0v) is 10.6. The smallest absolute Gasteiger partial charge is 0.253 e. The van der Waals surface area contributed by atoms with Gasteiger partial charge in [0.05, 0.1) is 0 Å². The predicted molar refractivity (Wildman–Crippen MR) is 69.0 cm³/mol. The second-order valence-corrected chi connectivity index (χ2v) is 4.93. The van der Waals surface area contributed by atoms with Gasteiger partial charge in [0.2, 0.25) is 0 Å². The van der Waals surface area contributed by atoms with Gasteiger partial charge in [-0.3, -0.25) is 4.79 Å². The fourth-order valence-electron chi connectivity index (χ4n) is 2.22. The number of nitrogens with zero attached hydrogens (tertiary/aromatic N) is 2. The molecule has 0 saturated carbocycles. The minimum absolute atomic E-state index is 0.180. The number of hydrogen-bond donors (Lipinski definition) is 0. The minimum atomic E-state index is 0.180. The van der Waals surface area contributed by atoms with Crippen LogP contribution in [0.1, 0.15) is 28.8 Å². The normalized spacial score (nSPS) is 15.6. The monoisotopic (exact) mass is 232 g/mol. The topological polar surface area (TPSA) is 23.6 Å². The molecule has 0 aliphatic carbocycles. The maximum absolute atomic E-state index is 12.1. The minimum Gasteiger partial charge on any atom is -0.339 e. The summed E-state index contributed by atoms with van der Waals surface area (Å²) in [7, 11) is 4.09. The van der Waals surface area contributed by atoms with Crippen molar-refractivity contribution in [1.82, 2.24) is 9.80 Å². The summed E-state index contributed by atoms with van der Waals surface area (Å²) in [5.41, 5.74) is 2.06. The van der Waals surface area contributed by atoms with Gasteiger partial charge in [-0.05, 0) is 44.6 Å². The third-order valence-corrected chi connectivity index (χ3v) is 3.09. The van der Waals surface area contributed by atoms with Crippen molar-refractivity contribution in [3.05, 3.63) is 35.4 Å². The molecule has 0 radical (unpaired) electrons. The first-order valence-electron chi connectivity index (χ1n) is 6.20. The van der Waals surface area contributed by atoms with E-state index in [1.54, 1.807) is 0 Å². The Balaban J connectivity index is 2.04. The average molecular weight is 232 g/mol. The average Bonchev–Trinajstić information content (AvgIpc) is 2.82. The molecule has 0 atom stereocenters. The highest BCUT2D eigenvalue weighted by atomic mass is 16.2. The van der Waals surface area contributed by atoms with E-state index in [2.05, 4.69) is 4.90 Å². The van der Waals surface area contributed by atoms with E-state index in [1.807, 2.05) is 43.3 Å². The van der Waals surface area contributed by atoms with E-state index >= 15 is 0 Å². The van der Waals surface area contributed by atoms with E-state index in [4.69, 9.17) is 0 Å². The molecule has 2 rings (SSSR count). The summed E-state index contributed by atoms with van der Waals surface area (Å²) in [5, 5.41) is 0. The molecule has 1 aromatic rings. The molecule has 1 saturated heterocycles. The van der Waals surface area contributed by atoms with Crippen LogP contribution in [0.25, 0.3) is 0 Å². The molecular weight excluding hydrogens is 212 g/mol. The van der Waals surface area contributed by atoms with Crippen LogP contribution in [0.5, 0.6) is 0 Å². The fourth-order valence-corrected chi connectivity index (χ4v) is 2.22. The van der Waals surface area contributed by atoms with Crippen LogP contribution in [0.2, 0.25) is 0 Å². The van der Waals surface area contributed by atoms with Crippen molar-refractivity contribution >= 4 is 5.91 Å². The zero-order valence-electron chi connectivity index (χ0n) is 10.6. The van der Waals surface area contributed by atoms with Crippen molar-refractivity contribution in [3.63, 3.8) is 0 Å². The van der Waals surface area contributed by atoms with E-state index in [9.17, 15) is 4.79 Å². The molecule has 0 bridgehead atoms. The zero-order chi connectivity index (χ0) is 12.3. The number of rotatable bonds is 3. The Morgan fingerprint density at radius 3 is 2.29 bits per heavy atom. The summed E-state index contributed by atoms with van der Waals surface area (Å²) in [6, 6.07) is 7.98. The maximum atomic E-state index is 12.1. The molecule has 1 aromatic carbocycles. The molecule has 3 nitrogen and oxygen atoms in total. The number of hydrogen-bond acceptors (Lipinski definition) is 2. The summed E-state index contributed by atoms with van der Waals surface area (Å²) in [5.74, 6) is 0.180. The Morgan fingerprint density at radius 2 is 1.76 bits per heavy atom. The highest BCUT2D eigenvalue weighted by Gasteiger charge is 2.18. The molecule has 92 valence electrons. The van der Waals surface area contributed by atoms with Crippen molar-refractivity contribution in [1.29, 1.82) is 0 Å². The van der Waals surface area contributed by atoms with E-state index in [1.165, 1.54) is 5.56 Å². The van der Waals surface area contributed by atoms with Gasteiger partial charge in [-0.15, -0.1) is 0 Å². The Kier molecular flexibility index (Phi) is 3.79. The first-order chi connectivity index (χ1) is 8.16. The molecule has 0 unspecified atom stereocenters. The lowest BCUT2D eigenvalue weighted by molar-refractivity contribution is 0.0793. The molecule has 1 heterocycles. The summed E-state index contributed by atoms with van der Waals surface area (Å²) in [6.07, 6.45) is 2.29. The van der Waals surface area contributed by atoms with Crippen molar-refractivity contribution in [2.75, 3.05) is 27.2 Å². The lowest BCUT2D eigenvalue weighted by Gasteiger charge is -2.15. The molecule has 0 N–H and O–H groups in total. The van der Waals surface area contributed by atoms with E-state index in [0.29, 0.717) is 0 Å². The van der Waals surface area contributed by atoms with Crippen molar-refractivity contribution in [2.24, 2.45) is 0 Å². The molecule has 1 amide bonds. The Morgan fingerprint density at radius 1 is 1.18 bits per heavy atom. The molecule has 3 heteroatoms. The van der Waals surface area contributed by atoms with Gasteiger partial charge < -0.3 is 9.80 Å². The summed E-state index contributed by atoms with van der Waals surface area (Å²) in [6.45, 7) is 2.74. The number of amides is 1. The number of carbonyl (C=O) groups is 1. The van der Waals surface area contributed by atoms with Crippen LogP contribution in [-0.2, 0) is 6.54 Å². The second-order valence-electron chi connectivity index (χ2n) is 4.93. The first kappa shape index (κ1) is 12.1. The van der Waals surface area contributed by atoms with E-state index in [-0.39, 0.29) is 5.91 Å². The molecule has 1 aliphatic rings. The Bertz CT molecular complexity index is 378. The number of benzene rings is 1. The second kappa shape index (κ2) is 5.32. The molecule has 0 spiro atoms. The van der Waals surface area contributed by atoms with Crippen LogP contribution in [0.15, 0.2) is 24.3 Å². The molecule has 17 heavy (non-hydrogen) atoms. The van der Waals surface area contributed by atoms with Crippen LogP contribution in [0.4, 0.5) is 0 Å². The van der Waals surface area contributed by atoms with Crippen LogP contribution in [0.3, 0.4) is 0 Å². The quantitative estimate of drug-likeness (QED) is 0.795. The van der Waals surface area contributed by atoms with Crippen molar-refractivity contribution in [3.8, 4) is 0 Å². The van der Waals surface area contributed by atoms with Gasteiger partial charge in [-0.25, -0.2) is 0 Å². The largest absolute Gasteiger partial charge is 0.339 e. The third-order valence-electron chi connectivity index (χ3n) is 3.09. The van der Waals surface area contributed by atoms with Crippen molar-refractivity contribution < 1.29 is 4.79 Å². The Labute approximate surface area is 103 Å². The number of carbonyl (C=O) groups excluding carboxylic acids is 1. The van der Waals surface area contributed by atoms with Gasteiger partial charge in [-0.1, -0.05) is 12.1 Å². The van der Waals surface area contributed by atoms with Gasteiger partial charge in [0, 0.05) is 25.2 Å². The lowest BCUT2D eigenvalue weighted by atomic mass is 10.1. The van der Waals surface area contributed by atoms with E-state index in [0.717, 1.165) is 38.0 Å². The summed E-state index contributed by atoms with van der Waals surface area (Å²) in [4.78, 5) is 16.2. The molecule has 1 aliphatic heterocycles. The SMILES string of the molecule is CN(C)Cc1ccc(C(=O)N2CCCC2)cc1. The van der Waals surface area contributed by atoms with Crippen LogP contribution < -0.4 is 0 Å². The summed E-state index contributed by atoms with van der Waals surface area (Å²) >= 11 is 0. The first-order valence-corrected chi connectivity index (χ1v) is 6.20. The highest BCUT2D eigenvalue weighted by molar-refractivity contribution is 5.94. The van der Waals surface area contributed by atoms with Gasteiger partial charge in [0.25, 0.3) is 5.91 Å². The summed E-state index contributed by atoms with van der Waals surface area (Å²) < 4.78 is 0. The van der Waals surface area contributed by atoms with Crippen LogP contribution >= 0.6 is 0 Å². The standard InChI is InChI=1S/C14H20N2O/c1-15(2)11-12-5-7-13(8-6-12)14(17)16-9-3-4-10-16/h5-8H,3-4,9-11H2,1-2H3. The van der Waals surface area contributed by atoms with Gasteiger partial charge in [-0.2, -0.15) is 0 Å². The molecule has 0 aromatic heterocycles. The fraction of sp³-hybridized carbons (Fsp3) is 0.500. The third kappa shape index (κ3) is 3.07. The lowest BCUT2D eigenvalue weighted by Crippen LogP contribution is -2.27. The van der Waals surface area contributed by atoms with Crippen LogP contribution in [-0.4, -0.2) is 42.9 Å².